The molecule has 40 heavy (non-hydrogen) atoms. The first-order valence-corrected chi connectivity index (χ1v) is 15.8. The number of rotatable bonds is 12. The van der Waals surface area contributed by atoms with Crippen LogP contribution in [0.4, 0.5) is 4.39 Å². The Morgan fingerprint density at radius 1 is 1.07 bits per heavy atom. The molecule has 7 nitrogen and oxygen atoms in total. The van der Waals surface area contributed by atoms with Crippen LogP contribution < -0.4 is 16.2 Å². The topological polar surface area (TPSA) is 88.1 Å². The number of carbonyl (C=O) groups excluding carboxylic acids is 1. The molecule has 0 aromatic heterocycles. The van der Waals surface area contributed by atoms with Crippen LogP contribution in [-0.4, -0.2) is 91.4 Å². The number of hydrogen-bond acceptors (Lipinski definition) is 7. The van der Waals surface area contributed by atoms with E-state index in [9.17, 15) is 9.18 Å². The summed E-state index contributed by atoms with van der Waals surface area (Å²) in [6.45, 7) is 9.50. The third-order valence-corrected chi connectivity index (χ3v) is 9.14. The second kappa shape index (κ2) is 15.4. The third-order valence-electron chi connectivity index (χ3n) is 7.93. The van der Waals surface area contributed by atoms with Gasteiger partial charge in [0.25, 0.3) is 0 Å². The number of halogens is 2. The number of ether oxygens (including phenoxy) is 1. The number of piperidine rings is 1. The van der Waals surface area contributed by atoms with Crippen LogP contribution in [0.15, 0.2) is 41.3 Å². The van der Waals surface area contributed by atoms with Crippen LogP contribution in [0.3, 0.4) is 0 Å². The minimum Gasteiger partial charge on any atom is -0.492 e. The zero-order valence-corrected chi connectivity index (χ0v) is 25.1. The van der Waals surface area contributed by atoms with Gasteiger partial charge in [0.2, 0.25) is 5.91 Å². The molecular weight excluding hydrogens is 549 g/mol. The van der Waals surface area contributed by atoms with E-state index in [4.69, 9.17) is 27.8 Å². The first-order chi connectivity index (χ1) is 19.4. The third kappa shape index (κ3) is 8.57. The Morgan fingerprint density at radius 2 is 1.82 bits per heavy atom. The lowest BCUT2D eigenvalue weighted by atomic mass is 9.88. The summed E-state index contributed by atoms with van der Waals surface area (Å²) in [5.41, 5.74) is 14.4. The highest BCUT2D eigenvalue weighted by Gasteiger charge is 2.32. The number of likely N-dealkylation sites (tertiary alicyclic amines) is 1. The molecule has 4 N–H and O–H groups in total. The maximum atomic E-state index is 13.7. The van der Waals surface area contributed by atoms with Gasteiger partial charge in [-0.1, -0.05) is 24.6 Å². The van der Waals surface area contributed by atoms with Gasteiger partial charge in [-0.25, -0.2) is 4.39 Å². The van der Waals surface area contributed by atoms with E-state index in [0.717, 1.165) is 86.1 Å². The summed E-state index contributed by atoms with van der Waals surface area (Å²) in [7, 11) is 0. The van der Waals surface area contributed by atoms with Crippen molar-refractivity contribution in [3.05, 3.63) is 58.4 Å². The van der Waals surface area contributed by atoms with Gasteiger partial charge in [0.1, 0.15) is 18.2 Å². The molecule has 1 amide bonds. The van der Waals surface area contributed by atoms with Crippen molar-refractivity contribution in [1.29, 1.82) is 0 Å². The molecule has 2 heterocycles. The van der Waals surface area contributed by atoms with Gasteiger partial charge >= 0.3 is 0 Å². The molecule has 0 saturated carbocycles. The molecular formula is C30H43ClFN5O2S. The van der Waals surface area contributed by atoms with Gasteiger partial charge in [0, 0.05) is 55.7 Å². The standard InChI is InChI=1S/C30H43ClFN5O2S/c1-2-40-28-20-26(32)5-3-24(28)21-36-14-16-37(17-15-36)30(38)29(34)22-7-11-35(12-8-22)13-9-23-19-25(31)4-6-27(23)39-18-10-33/h3-6,19-20,22,29H,2,7-18,21,33-34H2,1H3/t29-/m1/s1. The highest BCUT2D eigenvalue weighted by atomic mass is 35.5. The predicted molar refractivity (Wildman–Crippen MR) is 161 cm³/mol. The molecule has 4 rings (SSSR count). The summed E-state index contributed by atoms with van der Waals surface area (Å²) in [5.74, 6) is 1.82. The quantitative estimate of drug-likeness (QED) is 0.363. The lowest BCUT2D eigenvalue weighted by Gasteiger charge is -2.39. The van der Waals surface area contributed by atoms with Crippen LogP contribution in [0, 0.1) is 11.7 Å². The summed E-state index contributed by atoms with van der Waals surface area (Å²) in [4.78, 5) is 21.0. The van der Waals surface area contributed by atoms with Crippen LogP contribution >= 0.6 is 23.4 Å². The molecule has 220 valence electrons. The smallest absolute Gasteiger partial charge is 0.239 e. The second-order valence-electron chi connectivity index (χ2n) is 10.6. The van der Waals surface area contributed by atoms with Crippen LogP contribution in [0.2, 0.25) is 5.02 Å². The van der Waals surface area contributed by atoms with E-state index in [0.29, 0.717) is 31.3 Å². The van der Waals surface area contributed by atoms with E-state index in [1.807, 2.05) is 29.2 Å². The second-order valence-corrected chi connectivity index (χ2v) is 12.4. The van der Waals surface area contributed by atoms with Gasteiger partial charge in [-0.3, -0.25) is 9.69 Å². The number of piperazine rings is 1. The summed E-state index contributed by atoms with van der Waals surface area (Å²) in [6.07, 6.45) is 2.68. The van der Waals surface area contributed by atoms with Gasteiger partial charge in [-0.2, -0.15) is 0 Å². The van der Waals surface area contributed by atoms with Gasteiger partial charge < -0.3 is 26.0 Å². The van der Waals surface area contributed by atoms with E-state index < -0.39 is 6.04 Å². The molecule has 2 aromatic rings. The Hall–Kier alpha value is -1.88. The number of nitrogens with two attached hydrogens (primary N) is 2. The maximum absolute atomic E-state index is 13.7. The van der Waals surface area contributed by atoms with E-state index in [-0.39, 0.29) is 17.6 Å². The lowest BCUT2D eigenvalue weighted by Crippen LogP contribution is -2.55. The molecule has 0 bridgehead atoms. The van der Waals surface area contributed by atoms with Gasteiger partial charge in [0.05, 0.1) is 6.04 Å². The molecule has 1 atom stereocenters. The van der Waals surface area contributed by atoms with Crippen molar-refractivity contribution in [2.75, 3.05) is 64.7 Å². The fourth-order valence-electron chi connectivity index (χ4n) is 5.60. The zero-order valence-electron chi connectivity index (χ0n) is 23.5. The average molecular weight is 592 g/mol. The first kappa shape index (κ1) is 31.1. The monoisotopic (exact) mass is 591 g/mol. The molecule has 2 aliphatic heterocycles. The number of carbonyl (C=O) groups is 1. The van der Waals surface area contributed by atoms with Crippen LogP contribution in [0.25, 0.3) is 0 Å². The number of nitrogens with zero attached hydrogens (tertiary/aromatic N) is 3. The normalized spacial score (nSPS) is 18.2. The average Bonchev–Trinajstić information content (AvgIpc) is 2.97. The molecule has 2 aliphatic rings. The predicted octanol–water partition coefficient (Wildman–Crippen LogP) is 3.85. The minimum absolute atomic E-state index is 0.0720. The van der Waals surface area contributed by atoms with Gasteiger partial charge in [-0.05, 0) is 85.5 Å². The Balaban J connectivity index is 1.21. The molecule has 2 saturated heterocycles. The minimum atomic E-state index is -0.456. The van der Waals surface area contributed by atoms with Crippen molar-refractivity contribution in [2.24, 2.45) is 17.4 Å². The van der Waals surface area contributed by atoms with E-state index in [1.165, 1.54) is 6.07 Å². The highest BCUT2D eigenvalue weighted by molar-refractivity contribution is 7.99. The van der Waals surface area contributed by atoms with Crippen LogP contribution in [0.1, 0.15) is 30.9 Å². The van der Waals surface area contributed by atoms with E-state index >= 15 is 0 Å². The van der Waals surface area contributed by atoms with Crippen molar-refractivity contribution in [3.63, 3.8) is 0 Å². The molecule has 2 fully saturated rings. The molecule has 0 aliphatic carbocycles. The number of hydrogen-bond donors (Lipinski definition) is 2. The Kier molecular flexibility index (Phi) is 11.9. The fraction of sp³-hybridized carbons (Fsp3) is 0.567. The van der Waals surface area contributed by atoms with Crippen LogP contribution in [0.5, 0.6) is 5.75 Å². The van der Waals surface area contributed by atoms with E-state index in [2.05, 4.69) is 16.7 Å². The Labute approximate surface area is 247 Å². The summed E-state index contributed by atoms with van der Waals surface area (Å²) in [6, 6.07) is 10.3. The van der Waals surface area contributed by atoms with Crippen molar-refractivity contribution in [3.8, 4) is 5.75 Å². The van der Waals surface area contributed by atoms with Crippen LogP contribution in [-0.2, 0) is 17.8 Å². The largest absolute Gasteiger partial charge is 0.492 e. The molecule has 0 radical (unpaired) electrons. The lowest BCUT2D eigenvalue weighted by molar-refractivity contribution is -0.136. The number of benzene rings is 2. The van der Waals surface area contributed by atoms with Crippen molar-refractivity contribution >= 4 is 29.3 Å². The summed E-state index contributed by atoms with van der Waals surface area (Å²) < 4.78 is 19.5. The molecule has 10 heteroatoms. The molecule has 0 unspecified atom stereocenters. The maximum Gasteiger partial charge on any atom is 0.239 e. The van der Waals surface area contributed by atoms with Crippen molar-refractivity contribution in [2.45, 2.75) is 43.7 Å². The molecule has 2 aromatic carbocycles. The number of amides is 1. The highest BCUT2D eigenvalue weighted by Crippen LogP contribution is 2.27. The Morgan fingerprint density at radius 3 is 2.52 bits per heavy atom. The van der Waals surface area contributed by atoms with Gasteiger partial charge in [-0.15, -0.1) is 11.8 Å². The Bertz CT molecular complexity index is 1110. The molecule has 0 spiro atoms. The summed E-state index contributed by atoms with van der Waals surface area (Å²) in [5, 5.41) is 0.704. The zero-order chi connectivity index (χ0) is 28.5. The van der Waals surface area contributed by atoms with Gasteiger partial charge in [0.15, 0.2) is 0 Å². The summed E-state index contributed by atoms with van der Waals surface area (Å²) >= 11 is 7.90. The van der Waals surface area contributed by atoms with Crippen molar-refractivity contribution in [1.82, 2.24) is 14.7 Å². The van der Waals surface area contributed by atoms with Crippen molar-refractivity contribution < 1.29 is 13.9 Å². The van der Waals surface area contributed by atoms with E-state index in [1.54, 1.807) is 17.8 Å². The first-order valence-electron chi connectivity index (χ1n) is 14.4. The fourth-order valence-corrected chi connectivity index (χ4v) is 6.62. The SMILES string of the molecule is CCSc1cc(F)ccc1CN1CCN(C(=O)[C@H](N)C2CCN(CCc3cc(Cl)ccc3OCCN)CC2)CC1. The number of thioether (sulfide) groups is 1.